The number of unbranched alkanes of at least 4 members (excludes halogenated alkanes) is 2. The second-order valence-corrected chi connectivity index (χ2v) is 8.23. The molecule has 0 aliphatic carbocycles. The number of methoxy groups -OCH3 is 2. The standard InChI is InChI=1S/C29H29NO6/c1-33-23-13-7-20(8-14-23)27-28(21-9-15-24(34-2)16-10-21)36-29(30-27)22-11-17-25(18-12-22)35-19-5-3-4-6-26(31)32/h7-18H,3-6,19H2,1-2H3,(H,31,32). The fraction of sp³-hybridized carbons (Fsp3) is 0.241. The number of benzene rings is 3. The van der Waals surface area contributed by atoms with Crippen molar-refractivity contribution in [1.29, 1.82) is 0 Å². The third kappa shape index (κ3) is 6.24. The number of ether oxygens (including phenoxy) is 3. The Labute approximate surface area is 210 Å². The maximum Gasteiger partial charge on any atom is 0.303 e. The van der Waals surface area contributed by atoms with Crippen LogP contribution in [0.1, 0.15) is 25.7 Å². The molecule has 0 spiro atoms. The average molecular weight is 488 g/mol. The first-order chi connectivity index (χ1) is 17.6. The van der Waals surface area contributed by atoms with E-state index in [1.165, 1.54) is 0 Å². The van der Waals surface area contributed by atoms with E-state index in [4.69, 9.17) is 28.7 Å². The van der Waals surface area contributed by atoms with Crippen LogP contribution in [0.5, 0.6) is 17.2 Å². The first-order valence-electron chi connectivity index (χ1n) is 11.8. The van der Waals surface area contributed by atoms with Gasteiger partial charge < -0.3 is 23.7 Å². The lowest BCUT2D eigenvalue weighted by molar-refractivity contribution is -0.137. The summed E-state index contributed by atoms with van der Waals surface area (Å²) in [7, 11) is 3.27. The summed E-state index contributed by atoms with van der Waals surface area (Å²) >= 11 is 0. The molecule has 186 valence electrons. The number of carboxylic acid groups (broad SMARTS) is 1. The van der Waals surface area contributed by atoms with Crippen molar-refractivity contribution in [2.45, 2.75) is 25.7 Å². The van der Waals surface area contributed by atoms with Crippen molar-refractivity contribution in [2.75, 3.05) is 20.8 Å². The lowest BCUT2D eigenvalue weighted by atomic mass is 10.1. The van der Waals surface area contributed by atoms with Gasteiger partial charge in [-0.1, -0.05) is 0 Å². The van der Waals surface area contributed by atoms with Crippen molar-refractivity contribution in [3.63, 3.8) is 0 Å². The number of carbonyl (C=O) groups is 1. The molecule has 0 aliphatic heterocycles. The molecule has 1 heterocycles. The minimum atomic E-state index is -0.761. The van der Waals surface area contributed by atoms with Crippen molar-refractivity contribution in [2.24, 2.45) is 0 Å². The van der Waals surface area contributed by atoms with Gasteiger partial charge in [0.1, 0.15) is 22.9 Å². The first kappa shape index (κ1) is 24.9. The quantitative estimate of drug-likeness (QED) is 0.222. The minimum absolute atomic E-state index is 0.196. The van der Waals surface area contributed by atoms with Gasteiger partial charge in [-0.15, -0.1) is 0 Å². The molecule has 1 aromatic heterocycles. The van der Waals surface area contributed by atoms with Gasteiger partial charge in [-0.2, -0.15) is 0 Å². The third-order valence-electron chi connectivity index (χ3n) is 5.75. The summed E-state index contributed by atoms with van der Waals surface area (Å²) < 4.78 is 22.7. The minimum Gasteiger partial charge on any atom is -0.497 e. The van der Waals surface area contributed by atoms with Gasteiger partial charge in [-0.3, -0.25) is 4.79 Å². The zero-order valence-electron chi connectivity index (χ0n) is 20.4. The van der Waals surface area contributed by atoms with Gasteiger partial charge in [0, 0.05) is 23.1 Å². The molecule has 0 unspecified atom stereocenters. The fourth-order valence-electron chi connectivity index (χ4n) is 3.77. The number of hydrogen-bond donors (Lipinski definition) is 1. The lowest BCUT2D eigenvalue weighted by Gasteiger charge is -2.06. The lowest BCUT2D eigenvalue weighted by Crippen LogP contribution is -1.99. The Morgan fingerprint density at radius 2 is 1.31 bits per heavy atom. The number of aliphatic carboxylic acids is 1. The molecule has 0 atom stereocenters. The van der Waals surface area contributed by atoms with Crippen LogP contribution in [0.3, 0.4) is 0 Å². The average Bonchev–Trinajstić information content (AvgIpc) is 3.36. The van der Waals surface area contributed by atoms with Crippen molar-refractivity contribution in [3.05, 3.63) is 72.8 Å². The second-order valence-electron chi connectivity index (χ2n) is 8.23. The molecule has 0 amide bonds. The fourth-order valence-corrected chi connectivity index (χ4v) is 3.77. The van der Waals surface area contributed by atoms with Crippen LogP contribution in [0.25, 0.3) is 34.0 Å². The summed E-state index contributed by atoms with van der Waals surface area (Å²) in [4.78, 5) is 15.4. The maximum absolute atomic E-state index is 10.6. The summed E-state index contributed by atoms with van der Waals surface area (Å²) in [6, 6.07) is 23.0. The van der Waals surface area contributed by atoms with Gasteiger partial charge in [-0.05, 0) is 92.1 Å². The summed E-state index contributed by atoms with van der Waals surface area (Å²) in [5.41, 5.74) is 3.38. The molecule has 3 aromatic carbocycles. The van der Waals surface area contributed by atoms with E-state index in [0.717, 1.165) is 52.5 Å². The predicted molar refractivity (Wildman–Crippen MR) is 138 cm³/mol. The van der Waals surface area contributed by atoms with E-state index < -0.39 is 5.97 Å². The van der Waals surface area contributed by atoms with E-state index in [0.29, 0.717) is 24.7 Å². The van der Waals surface area contributed by atoms with Crippen molar-refractivity contribution in [1.82, 2.24) is 4.98 Å². The summed E-state index contributed by atoms with van der Waals surface area (Å²) in [5.74, 6) is 2.69. The molecule has 36 heavy (non-hydrogen) atoms. The Kier molecular flexibility index (Phi) is 8.24. The largest absolute Gasteiger partial charge is 0.497 e. The van der Waals surface area contributed by atoms with Gasteiger partial charge in [0.25, 0.3) is 0 Å². The molecular formula is C29H29NO6. The molecule has 7 heteroatoms. The molecule has 1 N–H and O–H groups in total. The number of nitrogens with zero attached hydrogens (tertiary/aromatic N) is 1. The number of oxazole rings is 1. The van der Waals surface area contributed by atoms with Gasteiger partial charge in [0.05, 0.1) is 20.8 Å². The van der Waals surface area contributed by atoms with E-state index in [9.17, 15) is 4.79 Å². The molecule has 4 rings (SSSR count). The van der Waals surface area contributed by atoms with Crippen molar-refractivity contribution < 1.29 is 28.5 Å². The smallest absolute Gasteiger partial charge is 0.303 e. The summed E-state index contributed by atoms with van der Waals surface area (Å²) in [6.07, 6.45) is 2.49. The van der Waals surface area contributed by atoms with Crippen LogP contribution in [-0.4, -0.2) is 36.9 Å². The Morgan fingerprint density at radius 1 is 0.750 bits per heavy atom. The summed E-state index contributed by atoms with van der Waals surface area (Å²) in [6.45, 7) is 0.543. The first-order valence-corrected chi connectivity index (χ1v) is 11.8. The van der Waals surface area contributed by atoms with Gasteiger partial charge >= 0.3 is 5.97 Å². The maximum atomic E-state index is 10.6. The highest BCUT2D eigenvalue weighted by atomic mass is 16.5. The van der Waals surface area contributed by atoms with Gasteiger partial charge in [-0.25, -0.2) is 4.98 Å². The van der Waals surface area contributed by atoms with E-state index in [2.05, 4.69) is 0 Å². The van der Waals surface area contributed by atoms with Crippen LogP contribution < -0.4 is 14.2 Å². The number of aromatic nitrogens is 1. The Morgan fingerprint density at radius 3 is 1.89 bits per heavy atom. The molecule has 0 radical (unpaired) electrons. The highest BCUT2D eigenvalue weighted by molar-refractivity contribution is 5.79. The van der Waals surface area contributed by atoms with Gasteiger partial charge in [0.2, 0.25) is 5.89 Å². The molecule has 0 aliphatic rings. The Balaban J connectivity index is 1.54. The normalized spacial score (nSPS) is 10.7. The van der Waals surface area contributed by atoms with Gasteiger partial charge in [0.15, 0.2) is 5.76 Å². The van der Waals surface area contributed by atoms with Crippen LogP contribution in [-0.2, 0) is 4.79 Å². The number of rotatable bonds is 12. The molecular weight excluding hydrogens is 458 g/mol. The zero-order chi connectivity index (χ0) is 25.3. The van der Waals surface area contributed by atoms with E-state index >= 15 is 0 Å². The molecule has 4 aromatic rings. The highest BCUT2D eigenvalue weighted by Gasteiger charge is 2.18. The predicted octanol–water partition coefficient (Wildman–Crippen LogP) is 6.72. The zero-order valence-corrected chi connectivity index (χ0v) is 20.4. The molecule has 7 nitrogen and oxygen atoms in total. The van der Waals surface area contributed by atoms with E-state index in [-0.39, 0.29) is 6.42 Å². The third-order valence-corrected chi connectivity index (χ3v) is 5.75. The monoisotopic (exact) mass is 487 g/mol. The van der Waals surface area contributed by atoms with Crippen molar-refractivity contribution >= 4 is 5.97 Å². The molecule has 0 fully saturated rings. The van der Waals surface area contributed by atoms with Crippen LogP contribution in [0.15, 0.2) is 77.2 Å². The van der Waals surface area contributed by atoms with Crippen LogP contribution in [0, 0.1) is 0 Å². The van der Waals surface area contributed by atoms with E-state index in [1.54, 1.807) is 14.2 Å². The van der Waals surface area contributed by atoms with Crippen LogP contribution in [0.4, 0.5) is 0 Å². The topological polar surface area (TPSA) is 91.0 Å². The Hall–Kier alpha value is -4.26. The molecule has 0 saturated heterocycles. The SMILES string of the molecule is COc1ccc(-c2nc(-c3ccc(OCCCCCC(=O)O)cc3)oc2-c2ccc(OC)cc2)cc1. The molecule has 0 saturated carbocycles. The van der Waals surface area contributed by atoms with E-state index in [1.807, 2.05) is 72.8 Å². The molecule has 0 bridgehead atoms. The highest BCUT2D eigenvalue weighted by Crippen LogP contribution is 2.37. The number of hydrogen-bond acceptors (Lipinski definition) is 6. The Bertz CT molecular complexity index is 1200. The van der Waals surface area contributed by atoms with Crippen LogP contribution in [0.2, 0.25) is 0 Å². The number of carboxylic acids is 1. The van der Waals surface area contributed by atoms with Crippen molar-refractivity contribution in [3.8, 4) is 51.3 Å². The summed E-state index contributed by atoms with van der Waals surface area (Å²) in [5, 5.41) is 8.70. The second kappa shape index (κ2) is 11.9. The van der Waals surface area contributed by atoms with Crippen LogP contribution >= 0.6 is 0 Å².